The molecule has 0 unspecified atom stereocenters. The van der Waals surface area contributed by atoms with Crippen LogP contribution in [0.3, 0.4) is 0 Å². The summed E-state index contributed by atoms with van der Waals surface area (Å²) in [5.41, 5.74) is 6.82. The van der Waals surface area contributed by atoms with Crippen molar-refractivity contribution in [3.05, 3.63) is 29.7 Å². The van der Waals surface area contributed by atoms with Crippen LogP contribution in [0.15, 0.2) is 16.9 Å². The van der Waals surface area contributed by atoms with Gasteiger partial charge in [0.15, 0.2) is 0 Å². The van der Waals surface area contributed by atoms with E-state index < -0.39 is 0 Å². The Morgan fingerprint density at radius 1 is 1.26 bits per heavy atom. The summed E-state index contributed by atoms with van der Waals surface area (Å²) < 4.78 is 5.54. The first-order chi connectivity index (χ1) is 9.24. The van der Waals surface area contributed by atoms with Crippen molar-refractivity contribution in [1.29, 1.82) is 0 Å². The van der Waals surface area contributed by atoms with Gasteiger partial charge >= 0.3 is 0 Å². The smallest absolute Gasteiger partial charge is 0.213 e. The summed E-state index contributed by atoms with van der Waals surface area (Å²) in [5.74, 6) is 2.82. The maximum atomic E-state index is 5.87. The highest BCUT2D eigenvalue weighted by Gasteiger charge is 2.09. The minimum absolute atomic E-state index is 0.493. The summed E-state index contributed by atoms with van der Waals surface area (Å²) in [6.07, 6.45) is 5.89. The Hall–Kier alpha value is -2.11. The van der Waals surface area contributed by atoms with Crippen molar-refractivity contribution < 1.29 is 4.42 Å². The molecule has 2 aromatic rings. The van der Waals surface area contributed by atoms with Gasteiger partial charge in [0.1, 0.15) is 23.7 Å². The molecule has 3 N–H and O–H groups in total. The average Bonchev–Trinajstić information content (AvgIpc) is 2.87. The lowest BCUT2D eigenvalue weighted by Crippen LogP contribution is -2.08. The maximum absolute atomic E-state index is 5.87. The standard InChI is InChI=1S/C13H19N5O/c1-3-5-10-12(14)17-8-18-13(10)16-7-11-15-6-9(4-2)19-11/h6,8H,3-5,7H2,1-2H3,(H3,14,16,17,18). The molecule has 2 heterocycles. The normalized spacial score (nSPS) is 10.6. The Labute approximate surface area is 112 Å². The van der Waals surface area contributed by atoms with Gasteiger partial charge in [0, 0.05) is 12.0 Å². The number of hydrogen-bond acceptors (Lipinski definition) is 6. The van der Waals surface area contributed by atoms with Crippen LogP contribution in [0, 0.1) is 0 Å². The summed E-state index contributed by atoms with van der Waals surface area (Å²) >= 11 is 0. The van der Waals surface area contributed by atoms with Crippen LogP contribution in [-0.2, 0) is 19.4 Å². The van der Waals surface area contributed by atoms with Crippen LogP contribution < -0.4 is 11.1 Å². The van der Waals surface area contributed by atoms with E-state index in [1.165, 1.54) is 6.33 Å². The van der Waals surface area contributed by atoms with E-state index >= 15 is 0 Å². The number of nitrogens with one attached hydrogen (secondary N) is 1. The molecular formula is C13H19N5O. The number of anilines is 2. The molecule has 0 aliphatic heterocycles. The Bertz CT molecular complexity index is 538. The van der Waals surface area contributed by atoms with Gasteiger partial charge < -0.3 is 15.5 Å². The third-order valence-corrected chi connectivity index (χ3v) is 2.84. The maximum Gasteiger partial charge on any atom is 0.213 e. The van der Waals surface area contributed by atoms with Crippen LogP contribution in [0.25, 0.3) is 0 Å². The van der Waals surface area contributed by atoms with Gasteiger partial charge in [-0.25, -0.2) is 15.0 Å². The quantitative estimate of drug-likeness (QED) is 0.828. The number of nitrogens with zero attached hydrogens (tertiary/aromatic N) is 3. The number of nitrogen functional groups attached to an aromatic ring is 1. The molecule has 0 spiro atoms. The Kier molecular flexibility index (Phi) is 4.33. The number of aromatic nitrogens is 3. The van der Waals surface area contributed by atoms with Crippen molar-refractivity contribution in [2.45, 2.75) is 39.7 Å². The van der Waals surface area contributed by atoms with Crippen molar-refractivity contribution in [1.82, 2.24) is 15.0 Å². The van der Waals surface area contributed by atoms with Crippen LogP contribution in [0.2, 0.25) is 0 Å². The van der Waals surface area contributed by atoms with E-state index in [0.29, 0.717) is 18.3 Å². The van der Waals surface area contributed by atoms with Crippen LogP contribution >= 0.6 is 0 Å². The summed E-state index contributed by atoms with van der Waals surface area (Å²) in [4.78, 5) is 12.4. The molecule has 2 rings (SSSR count). The Morgan fingerprint density at radius 3 is 2.79 bits per heavy atom. The van der Waals surface area contributed by atoms with Crippen LogP contribution in [-0.4, -0.2) is 15.0 Å². The van der Waals surface area contributed by atoms with E-state index in [-0.39, 0.29) is 0 Å². The van der Waals surface area contributed by atoms with E-state index in [9.17, 15) is 0 Å². The van der Waals surface area contributed by atoms with Gasteiger partial charge in [-0.2, -0.15) is 0 Å². The van der Waals surface area contributed by atoms with Gasteiger partial charge in [0.25, 0.3) is 0 Å². The molecule has 0 fully saturated rings. The largest absolute Gasteiger partial charge is 0.444 e. The SMILES string of the molecule is CCCc1c(N)ncnc1NCc1ncc(CC)o1. The van der Waals surface area contributed by atoms with Gasteiger partial charge in [0.05, 0.1) is 12.7 Å². The molecule has 0 atom stereocenters. The second kappa shape index (κ2) is 6.17. The topological polar surface area (TPSA) is 89.9 Å². The lowest BCUT2D eigenvalue weighted by molar-refractivity contribution is 0.465. The molecular weight excluding hydrogens is 242 g/mol. The van der Waals surface area contributed by atoms with Gasteiger partial charge in [0.2, 0.25) is 5.89 Å². The lowest BCUT2D eigenvalue weighted by atomic mass is 10.1. The molecule has 0 amide bonds. The first kappa shape index (κ1) is 13.3. The summed E-state index contributed by atoms with van der Waals surface area (Å²) in [6.45, 7) is 4.62. The minimum Gasteiger partial charge on any atom is -0.444 e. The van der Waals surface area contributed by atoms with Crippen molar-refractivity contribution in [3.63, 3.8) is 0 Å². The van der Waals surface area contributed by atoms with E-state index in [1.807, 2.05) is 6.92 Å². The molecule has 6 nitrogen and oxygen atoms in total. The summed E-state index contributed by atoms with van der Waals surface area (Å²) in [6, 6.07) is 0. The van der Waals surface area contributed by atoms with Gasteiger partial charge in [-0.15, -0.1) is 0 Å². The third kappa shape index (κ3) is 3.21. The van der Waals surface area contributed by atoms with E-state index in [0.717, 1.165) is 36.4 Å². The van der Waals surface area contributed by atoms with Crippen molar-refractivity contribution in [3.8, 4) is 0 Å². The number of rotatable bonds is 6. The molecule has 0 aliphatic rings. The number of hydrogen-bond donors (Lipinski definition) is 2. The van der Waals surface area contributed by atoms with E-state index in [2.05, 4.69) is 27.2 Å². The van der Waals surface area contributed by atoms with Crippen LogP contribution in [0.1, 0.15) is 37.5 Å². The predicted octanol–water partition coefficient (Wildman–Crippen LogP) is 2.17. The highest BCUT2D eigenvalue weighted by atomic mass is 16.4. The number of oxazole rings is 1. The second-order valence-electron chi connectivity index (χ2n) is 4.26. The van der Waals surface area contributed by atoms with Crippen molar-refractivity contribution >= 4 is 11.6 Å². The summed E-state index contributed by atoms with van der Waals surface area (Å²) in [5, 5.41) is 3.21. The molecule has 102 valence electrons. The Morgan fingerprint density at radius 2 is 2.11 bits per heavy atom. The fraction of sp³-hybridized carbons (Fsp3) is 0.462. The first-order valence-corrected chi connectivity index (χ1v) is 6.51. The van der Waals surface area contributed by atoms with E-state index in [4.69, 9.17) is 10.2 Å². The van der Waals surface area contributed by atoms with Gasteiger partial charge in [-0.05, 0) is 6.42 Å². The summed E-state index contributed by atoms with van der Waals surface area (Å²) in [7, 11) is 0. The fourth-order valence-corrected chi connectivity index (χ4v) is 1.83. The molecule has 0 radical (unpaired) electrons. The second-order valence-corrected chi connectivity index (χ2v) is 4.26. The highest BCUT2D eigenvalue weighted by molar-refractivity contribution is 5.54. The van der Waals surface area contributed by atoms with Crippen molar-refractivity contribution in [2.24, 2.45) is 0 Å². The fourth-order valence-electron chi connectivity index (χ4n) is 1.83. The van der Waals surface area contributed by atoms with Crippen molar-refractivity contribution in [2.75, 3.05) is 11.1 Å². The molecule has 0 bridgehead atoms. The molecule has 6 heteroatoms. The zero-order chi connectivity index (χ0) is 13.7. The lowest BCUT2D eigenvalue weighted by Gasteiger charge is -2.10. The highest BCUT2D eigenvalue weighted by Crippen LogP contribution is 2.19. The molecule has 19 heavy (non-hydrogen) atoms. The zero-order valence-electron chi connectivity index (χ0n) is 11.3. The molecule has 0 saturated heterocycles. The molecule has 0 saturated carbocycles. The minimum atomic E-state index is 0.493. The van der Waals surface area contributed by atoms with Crippen LogP contribution in [0.4, 0.5) is 11.6 Å². The number of aryl methyl sites for hydroxylation is 1. The van der Waals surface area contributed by atoms with Gasteiger partial charge in [-0.1, -0.05) is 20.3 Å². The van der Waals surface area contributed by atoms with E-state index in [1.54, 1.807) is 6.20 Å². The monoisotopic (exact) mass is 261 g/mol. The van der Waals surface area contributed by atoms with Crippen LogP contribution in [0.5, 0.6) is 0 Å². The predicted molar refractivity (Wildman–Crippen MR) is 73.6 cm³/mol. The first-order valence-electron chi connectivity index (χ1n) is 6.51. The molecule has 2 aromatic heterocycles. The van der Waals surface area contributed by atoms with Gasteiger partial charge in [-0.3, -0.25) is 0 Å². The molecule has 0 aliphatic carbocycles. The Balaban J connectivity index is 2.08. The average molecular weight is 261 g/mol. The third-order valence-electron chi connectivity index (χ3n) is 2.84. The molecule has 0 aromatic carbocycles. The number of nitrogens with two attached hydrogens (primary N) is 1. The zero-order valence-corrected chi connectivity index (χ0v) is 11.3.